The highest BCUT2D eigenvalue weighted by Gasteiger charge is 2.41. The van der Waals surface area contributed by atoms with E-state index in [4.69, 9.17) is 23.2 Å². The number of nitrogens with one attached hydrogen (secondary N) is 2. The van der Waals surface area contributed by atoms with Crippen molar-refractivity contribution in [1.29, 1.82) is 0 Å². The standard InChI is InChI=1S/C19H17Cl2N5O/c1-11-16(18(27)25-13-5-3-2-4-6-13)17(26-19(24-11)22-10-23-26)12-7-8-14(20)15(21)9-12/h2-11,16-17H,1H3,(H,25,27)(H,22,23,24)/t11-,16-,17-/m0/s1. The number of nitrogens with zero attached hydrogens (tertiary/aromatic N) is 3. The summed E-state index contributed by atoms with van der Waals surface area (Å²) in [4.78, 5) is 17.4. The predicted octanol–water partition coefficient (Wildman–Crippen LogP) is 4.24. The van der Waals surface area contributed by atoms with E-state index in [1.165, 1.54) is 6.33 Å². The van der Waals surface area contributed by atoms with Crippen LogP contribution in [0.25, 0.3) is 0 Å². The number of hydrogen-bond donors (Lipinski definition) is 2. The van der Waals surface area contributed by atoms with Gasteiger partial charge in [-0.15, -0.1) is 0 Å². The molecular weight excluding hydrogens is 385 g/mol. The molecule has 0 radical (unpaired) electrons. The van der Waals surface area contributed by atoms with Crippen LogP contribution in [-0.2, 0) is 4.79 Å². The van der Waals surface area contributed by atoms with E-state index >= 15 is 0 Å². The number of halogens is 2. The molecular formula is C19H17Cl2N5O. The van der Waals surface area contributed by atoms with E-state index in [9.17, 15) is 4.79 Å². The van der Waals surface area contributed by atoms with Crippen LogP contribution < -0.4 is 10.6 Å². The van der Waals surface area contributed by atoms with E-state index in [0.717, 1.165) is 11.3 Å². The lowest BCUT2D eigenvalue weighted by Gasteiger charge is -2.37. The molecule has 3 atom stereocenters. The van der Waals surface area contributed by atoms with Crippen molar-refractivity contribution in [3.63, 3.8) is 0 Å². The summed E-state index contributed by atoms with van der Waals surface area (Å²) in [6, 6.07) is 14.2. The van der Waals surface area contributed by atoms with Gasteiger partial charge in [0.05, 0.1) is 22.0 Å². The molecule has 0 saturated heterocycles. The average molecular weight is 402 g/mol. The highest BCUT2D eigenvalue weighted by Crippen LogP contribution is 2.38. The van der Waals surface area contributed by atoms with E-state index in [1.807, 2.05) is 43.3 Å². The van der Waals surface area contributed by atoms with Crippen molar-refractivity contribution in [1.82, 2.24) is 14.8 Å². The molecule has 2 N–H and O–H groups in total. The summed E-state index contributed by atoms with van der Waals surface area (Å²) in [6.45, 7) is 1.96. The van der Waals surface area contributed by atoms with Crippen molar-refractivity contribution in [2.45, 2.75) is 19.0 Å². The molecule has 3 aromatic rings. The minimum absolute atomic E-state index is 0.113. The molecule has 4 rings (SSSR count). The second-order valence-electron chi connectivity index (χ2n) is 6.46. The zero-order valence-electron chi connectivity index (χ0n) is 14.4. The van der Waals surface area contributed by atoms with Crippen molar-refractivity contribution >= 4 is 40.7 Å². The first kappa shape index (κ1) is 17.8. The Morgan fingerprint density at radius 3 is 2.67 bits per heavy atom. The predicted molar refractivity (Wildman–Crippen MR) is 106 cm³/mol. The molecule has 1 aromatic heterocycles. The van der Waals surface area contributed by atoms with Gasteiger partial charge in [0.2, 0.25) is 11.9 Å². The Morgan fingerprint density at radius 2 is 1.93 bits per heavy atom. The van der Waals surface area contributed by atoms with Gasteiger partial charge < -0.3 is 10.6 Å². The fraction of sp³-hybridized carbons (Fsp3) is 0.211. The Hall–Kier alpha value is -2.57. The number of fused-ring (bicyclic) bond motifs is 1. The topological polar surface area (TPSA) is 71.8 Å². The third kappa shape index (κ3) is 3.38. The lowest BCUT2D eigenvalue weighted by Crippen LogP contribution is -2.46. The van der Waals surface area contributed by atoms with E-state index in [-0.39, 0.29) is 18.0 Å². The van der Waals surface area contributed by atoms with Crippen LogP contribution in [-0.4, -0.2) is 26.7 Å². The van der Waals surface area contributed by atoms with E-state index in [1.54, 1.807) is 16.8 Å². The highest BCUT2D eigenvalue weighted by molar-refractivity contribution is 6.42. The Kier molecular flexibility index (Phi) is 4.76. The number of carbonyl (C=O) groups excluding carboxylic acids is 1. The molecule has 0 aliphatic carbocycles. The molecule has 1 aliphatic rings. The largest absolute Gasteiger partial charge is 0.351 e. The lowest BCUT2D eigenvalue weighted by atomic mass is 9.85. The lowest BCUT2D eigenvalue weighted by molar-refractivity contribution is -0.121. The summed E-state index contributed by atoms with van der Waals surface area (Å²) < 4.78 is 1.72. The fourth-order valence-electron chi connectivity index (χ4n) is 3.44. The second kappa shape index (κ2) is 7.21. The van der Waals surface area contributed by atoms with Crippen LogP contribution in [0.2, 0.25) is 10.0 Å². The monoisotopic (exact) mass is 401 g/mol. The molecule has 1 amide bonds. The number of amides is 1. The van der Waals surface area contributed by atoms with Crippen LogP contribution in [0.3, 0.4) is 0 Å². The first-order chi connectivity index (χ1) is 13.0. The number of para-hydroxylation sites is 1. The molecule has 6 nitrogen and oxygen atoms in total. The third-order valence-corrected chi connectivity index (χ3v) is 5.44. The summed E-state index contributed by atoms with van der Waals surface area (Å²) in [7, 11) is 0. The maximum Gasteiger partial charge on any atom is 0.232 e. The Bertz CT molecular complexity index is 975. The molecule has 2 heterocycles. The first-order valence-corrected chi connectivity index (χ1v) is 9.27. The van der Waals surface area contributed by atoms with Gasteiger partial charge in [-0.3, -0.25) is 4.79 Å². The fourth-order valence-corrected chi connectivity index (χ4v) is 3.74. The Morgan fingerprint density at radius 1 is 1.15 bits per heavy atom. The highest BCUT2D eigenvalue weighted by atomic mass is 35.5. The van der Waals surface area contributed by atoms with Crippen LogP contribution >= 0.6 is 23.2 Å². The molecule has 0 spiro atoms. The maximum absolute atomic E-state index is 13.2. The van der Waals surface area contributed by atoms with Crippen LogP contribution in [0.1, 0.15) is 18.5 Å². The molecule has 0 saturated carbocycles. The molecule has 138 valence electrons. The number of rotatable bonds is 3. The minimum Gasteiger partial charge on any atom is -0.351 e. The first-order valence-electron chi connectivity index (χ1n) is 8.51. The molecule has 27 heavy (non-hydrogen) atoms. The smallest absolute Gasteiger partial charge is 0.232 e. The number of anilines is 2. The summed E-state index contributed by atoms with van der Waals surface area (Å²) in [5.74, 6) is 0.0670. The maximum atomic E-state index is 13.2. The number of benzene rings is 2. The number of aromatic nitrogens is 3. The van der Waals surface area contributed by atoms with Crippen LogP contribution in [0, 0.1) is 5.92 Å². The van der Waals surface area contributed by atoms with Gasteiger partial charge in [0.25, 0.3) is 0 Å². The van der Waals surface area contributed by atoms with E-state index < -0.39 is 5.92 Å². The van der Waals surface area contributed by atoms with Gasteiger partial charge in [0.15, 0.2) is 0 Å². The van der Waals surface area contributed by atoms with Crippen molar-refractivity contribution in [2.75, 3.05) is 10.6 Å². The van der Waals surface area contributed by atoms with E-state index in [0.29, 0.717) is 16.0 Å². The van der Waals surface area contributed by atoms with Crippen LogP contribution in [0.4, 0.5) is 11.6 Å². The van der Waals surface area contributed by atoms with Crippen molar-refractivity contribution in [3.8, 4) is 0 Å². The minimum atomic E-state index is -0.434. The third-order valence-electron chi connectivity index (χ3n) is 4.70. The van der Waals surface area contributed by atoms with Gasteiger partial charge in [-0.1, -0.05) is 47.5 Å². The van der Waals surface area contributed by atoms with Gasteiger partial charge in [0, 0.05) is 11.7 Å². The van der Waals surface area contributed by atoms with Crippen molar-refractivity contribution < 1.29 is 4.79 Å². The Labute approximate surface area is 166 Å². The van der Waals surface area contributed by atoms with Crippen molar-refractivity contribution in [3.05, 3.63) is 70.5 Å². The Balaban J connectivity index is 1.75. The zero-order chi connectivity index (χ0) is 19.0. The number of hydrogen-bond acceptors (Lipinski definition) is 4. The average Bonchev–Trinajstić information content (AvgIpc) is 3.11. The number of carbonyl (C=O) groups is 1. The molecule has 0 unspecified atom stereocenters. The molecule has 0 fully saturated rings. The molecule has 8 heteroatoms. The SMILES string of the molecule is C[C@@H]1Nc2ncnn2[C@@H](c2ccc(Cl)c(Cl)c2)[C@H]1C(=O)Nc1ccccc1. The van der Waals surface area contributed by atoms with Gasteiger partial charge in [-0.2, -0.15) is 10.1 Å². The van der Waals surface area contributed by atoms with E-state index in [2.05, 4.69) is 20.7 Å². The van der Waals surface area contributed by atoms with Crippen molar-refractivity contribution in [2.24, 2.45) is 5.92 Å². The summed E-state index contributed by atoms with van der Waals surface area (Å²) >= 11 is 12.3. The molecule has 0 bridgehead atoms. The summed E-state index contributed by atoms with van der Waals surface area (Å²) in [5.41, 5.74) is 1.59. The van der Waals surface area contributed by atoms with Gasteiger partial charge in [-0.25, -0.2) is 4.68 Å². The zero-order valence-corrected chi connectivity index (χ0v) is 15.9. The quantitative estimate of drug-likeness (QED) is 0.688. The molecule has 2 aromatic carbocycles. The van der Waals surface area contributed by atoms with Crippen LogP contribution in [0.5, 0.6) is 0 Å². The van der Waals surface area contributed by atoms with Gasteiger partial charge in [0.1, 0.15) is 6.33 Å². The molecule has 1 aliphatic heterocycles. The summed E-state index contributed by atoms with van der Waals surface area (Å²) in [6.07, 6.45) is 1.47. The van der Waals surface area contributed by atoms with Crippen LogP contribution in [0.15, 0.2) is 54.9 Å². The van der Waals surface area contributed by atoms with Gasteiger partial charge >= 0.3 is 0 Å². The normalized spacial score (nSPS) is 21.2. The second-order valence-corrected chi connectivity index (χ2v) is 7.28. The summed E-state index contributed by atoms with van der Waals surface area (Å²) in [5, 5.41) is 11.5. The van der Waals surface area contributed by atoms with Gasteiger partial charge in [-0.05, 0) is 36.8 Å².